The zero-order chi connectivity index (χ0) is 33.7. The van der Waals surface area contributed by atoms with Crippen LogP contribution in [0.4, 0.5) is 22.7 Å². The van der Waals surface area contributed by atoms with Crippen molar-refractivity contribution in [1.29, 1.82) is 0 Å². The first-order chi connectivity index (χ1) is 25.3. The average molecular weight is 651 g/mol. The van der Waals surface area contributed by atoms with E-state index >= 15 is 0 Å². The topological polar surface area (TPSA) is 15.6 Å². The zero-order valence-corrected chi connectivity index (χ0v) is 28.1. The molecule has 0 aromatic heterocycles. The van der Waals surface area contributed by atoms with E-state index in [1.54, 1.807) is 0 Å². The number of nitrogens with zero attached hydrogens (tertiary/aromatic N) is 2. The molecule has 0 spiro atoms. The summed E-state index contributed by atoms with van der Waals surface area (Å²) in [5.74, 6) is 0. The van der Waals surface area contributed by atoms with E-state index in [0.29, 0.717) is 0 Å². The Morgan fingerprint density at radius 2 is 0.941 bits per heavy atom. The fourth-order valence-electron chi connectivity index (χ4n) is 8.03. The lowest BCUT2D eigenvalue weighted by Crippen LogP contribution is -2.09. The van der Waals surface area contributed by atoms with Gasteiger partial charge >= 0.3 is 0 Å². The highest BCUT2D eigenvalue weighted by atomic mass is 15.1. The van der Waals surface area contributed by atoms with Gasteiger partial charge in [-0.15, -0.1) is 0 Å². The van der Waals surface area contributed by atoms with E-state index in [4.69, 9.17) is 4.99 Å². The summed E-state index contributed by atoms with van der Waals surface area (Å²) in [6, 6.07) is 65.9. The Bertz CT molecular complexity index is 2560. The Balaban J connectivity index is 0.971. The lowest BCUT2D eigenvalue weighted by molar-refractivity contribution is 1.26. The summed E-state index contributed by atoms with van der Waals surface area (Å²) in [6.07, 6.45) is 1.84. The van der Waals surface area contributed by atoms with Crippen LogP contribution in [0.1, 0.15) is 22.3 Å². The van der Waals surface area contributed by atoms with Crippen molar-refractivity contribution in [1.82, 2.24) is 0 Å². The van der Waals surface area contributed by atoms with Gasteiger partial charge in [0.25, 0.3) is 0 Å². The normalized spacial score (nSPS) is 12.7. The fourth-order valence-corrected chi connectivity index (χ4v) is 8.03. The van der Waals surface area contributed by atoms with Gasteiger partial charge in [-0.3, -0.25) is 4.99 Å². The van der Waals surface area contributed by atoms with Crippen molar-refractivity contribution in [2.75, 3.05) is 4.90 Å². The van der Waals surface area contributed by atoms with Crippen molar-refractivity contribution in [3.63, 3.8) is 0 Å². The van der Waals surface area contributed by atoms with E-state index in [2.05, 4.69) is 187 Å². The van der Waals surface area contributed by atoms with Gasteiger partial charge in [0, 0.05) is 23.5 Å². The molecule has 2 heteroatoms. The molecular formula is C49H34N2. The van der Waals surface area contributed by atoms with E-state index in [0.717, 1.165) is 41.3 Å². The highest BCUT2D eigenvalue weighted by molar-refractivity contribution is 6.11. The number of rotatable bonds is 6. The Kier molecular flexibility index (Phi) is 6.99. The molecule has 0 unspecified atom stereocenters. The van der Waals surface area contributed by atoms with Crippen molar-refractivity contribution in [3.05, 3.63) is 204 Å². The molecule has 0 saturated heterocycles. The Morgan fingerprint density at radius 3 is 1.65 bits per heavy atom. The smallest absolute Gasteiger partial charge is 0.0669 e. The maximum atomic E-state index is 5.00. The molecule has 0 saturated carbocycles. The lowest BCUT2D eigenvalue weighted by Gasteiger charge is -2.25. The van der Waals surface area contributed by atoms with Crippen LogP contribution in [0.25, 0.3) is 44.2 Å². The van der Waals surface area contributed by atoms with Crippen LogP contribution in [0.15, 0.2) is 187 Å². The Morgan fingerprint density at radius 1 is 0.373 bits per heavy atom. The highest BCUT2D eigenvalue weighted by Crippen LogP contribution is 2.46. The van der Waals surface area contributed by atoms with Crippen LogP contribution < -0.4 is 4.90 Å². The average Bonchev–Trinajstić information content (AvgIpc) is 3.81. The maximum absolute atomic E-state index is 5.00. The van der Waals surface area contributed by atoms with E-state index < -0.39 is 0 Å². The van der Waals surface area contributed by atoms with Gasteiger partial charge in [0.1, 0.15) is 0 Å². The van der Waals surface area contributed by atoms with Crippen molar-refractivity contribution >= 4 is 39.2 Å². The molecular weight excluding hydrogens is 617 g/mol. The monoisotopic (exact) mass is 650 g/mol. The molecule has 2 aliphatic rings. The molecule has 1 aliphatic carbocycles. The molecule has 1 aliphatic heterocycles. The molecule has 0 atom stereocenters. The second-order valence-corrected chi connectivity index (χ2v) is 13.5. The minimum absolute atomic E-state index is 0.890. The van der Waals surface area contributed by atoms with E-state index in [1.165, 1.54) is 66.4 Å². The van der Waals surface area contributed by atoms with Crippen LogP contribution in [0.3, 0.4) is 0 Å². The second kappa shape index (κ2) is 12.1. The first kappa shape index (κ1) is 29.4. The summed E-state index contributed by atoms with van der Waals surface area (Å²) in [7, 11) is 0. The molecule has 8 aromatic carbocycles. The van der Waals surface area contributed by atoms with Gasteiger partial charge in [-0.25, -0.2) is 0 Å². The van der Waals surface area contributed by atoms with E-state index in [9.17, 15) is 0 Å². The lowest BCUT2D eigenvalue weighted by atomic mass is 9.90. The van der Waals surface area contributed by atoms with Crippen molar-refractivity contribution < 1.29 is 0 Å². The zero-order valence-electron chi connectivity index (χ0n) is 28.1. The number of para-hydroxylation sites is 3. The number of hydrogen-bond donors (Lipinski definition) is 0. The number of benzene rings is 8. The van der Waals surface area contributed by atoms with Crippen LogP contribution in [-0.2, 0) is 12.8 Å². The minimum Gasteiger partial charge on any atom is -0.311 e. The third kappa shape index (κ3) is 5.16. The SMILES string of the molecule is c1ccc(N(c2ccccc2)c2ccc(-c3ccc(-c4cc5c(c6ccccc46)-c4cc(C6=Nc7ccccc7C6)ccc4C5)cc3)cc2)cc1. The Hall–Kier alpha value is -6.51. The Labute approximate surface area is 298 Å². The number of aliphatic imine (C=N–C) groups is 1. The van der Waals surface area contributed by atoms with Crippen molar-refractivity contribution in [2.45, 2.75) is 12.8 Å². The molecule has 1 heterocycles. The van der Waals surface area contributed by atoms with Gasteiger partial charge < -0.3 is 4.90 Å². The quantitative estimate of drug-likeness (QED) is 0.175. The molecule has 0 bridgehead atoms. The first-order valence-electron chi connectivity index (χ1n) is 17.7. The van der Waals surface area contributed by atoms with Gasteiger partial charge in [0.15, 0.2) is 0 Å². The largest absolute Gasteiger partial charge is 0.311 e. The van der Waals surface area contributed by atoms with Gasteiger partial charge in [0.05, 0.1) is 11.4 Å². The van der Waals surface area contributed by atoms with Crippen molar-refractivity contribution in [2.24, 2.45) is 4.99 Å². The molecule has 8 aromatic rings. The third-order valence-electron chi connectivity index (χ3n) is 10.5. The van der Waals surface area contributed by atoms with Crippen LogP contribution >= 0.6 is 0 Å². The molecule has 0 fully saturated rings. The predicted molar refractivity (Wildman–Crippen MR) is 214 cm³/mol. The van der Waals surface area contributed by atoms with Crippen LogP contribution in [0, 0.1) is 0 Å². The van der Waals surface area contributed by atoms with E-state index in [-0.39, 0.29) is 0 Å². The molecule has 10 rings (SSSR count). The molecule has 240 valence electrons. The summed E-state index contributed by atoms with van der Waals surface area (Å²) in [4.78, 5) is 7.30. The molecule has 2 nitrogen and oxygen atoms in total. The number of fused-ring (bicyclic) bond motifs is 6. The van der Waals surface area contributed by atoms with Crippen molar-refractivity contribution in [3.8, 4) is 33.4 Å². The maximum Gasteiger partial charge on any atom is 0.0669 e. The minimum atomic E-state index is 0.890. The van der Waals surface area contributed by atoms with E-state index in [1.807, 2.05) is 0 Å². The van der Waals surface area contributed by atoms with Gasteiger partial charge in [-0.2, -0.15) is 0 Å². The molecule has 0 radical (unpaired) electrons. The number of hydrogen-bond acceptors (Lipinski definition) is 2. The van der Waals surface area contributed by atoms with Crippen LogP contribution in [0.5, 0.6) is 0 Å². The molecule has 0 amide bonds. The molecule has 51 heavy (non-hydrogen) atoms. The number of anilines is 3. The summed E-state index contributed by atoms with van der Waals surface area (Å²) >= 11 is 0. The summed E-state index contributed by atoms with van der Waals surface area (Å²) in [6.45, 7) is 0. The summed E-state index contributed by atoms with van der Waals surface area (Å²) < 4.78 is 0. The highest BCUT2D eigenvalue weighted by Gasteiger charge is 2.25. The van der Waals surface area contributed by atoms with Crippen LogP contribution in [0.2, 0.25) is 0 Å². The fraction of sp³-hybridized carbons (Fsp3) is 0.0408. The molecule has 0 N–H and O–H groups in total. The summed E-state index contributed by atoms with van der Waals surface area (Å²) in [5, 5.41) is 2.61. The summed E-state index contributed by atoms with van der Waals surface area (Å²) in [5.41, 5.74) is 18.7. The third-order valence-corrected chi connectivity index (χ3v) is 10.5. The van der Waals surface area contributed by atoms with Gasteiger partial charge in [-0.1, -0.05) is 127 Å². The van der Waals surface area contributed by atoms with Crippen LogP contribution in [-0.4, -0.2) is 5.71 Å². The predicted octanol–water partition coefficient (Wildman–Crippen LogP) is 12.9. The first-order valence-corrected chi connectivity index (χ1v) is 17.7. The standard InChI is InChI=1S/C49H34N2/c1-3-12-40(13-4-1)51(41-14-5-2-6-15-41)42-27-25-34(26-28-42)33-19-21-35(22-20-33)45-31-39-29-36-23-24-38(48-32-37-11-7-10-18-47(37)50-48)30-46(36)49(39)44-17-9-8-16-43(44)45/h1-28,30-31H,29,32H2. The second-order valence-electron chi connectivity index (χ2n) is 13.5. The van der Waals surface area contributed by atoms with Gasteiger partial charge in [-0.05, 0) is 127 Å². The van der Waals surface area contributed by atoms with Gasteiger partial charge in [0.2, 0.25) is 0 Å².